The molecule has 6 nitrogen and oxygen atoms in total. The molecule has 0 atom stereocenters. The van der Waals surface area contributed by atoms with Gasteiger partial charge in [0.15, 0.2) is 0 Å². The minimum Gasteiger partial charge on any atom is -0.323 e. The summed E-state index contributed by atoms with van der Waals surface area (Å²) < 4.78 is 14.7. The molecule has 8 heteroatoms. The van der Waals surface area contributed by atoms with E-state index in [-0.39, 0.29) is 17.4 Å². The Hall–Kier alpha value is -2.80. The van der Waals surface area contributed by atoms with Crippen LogP contribution in [0.15, 0.2) is 49.3 Å². The zero-order valence-corrected chi connectivity index (χ0v) is 13.2. The lowest BCUT2D eigenvalue weighted by atomic mass is 10.1. The Morgan fingerprint density at radius 1 is 1.29 bits per heavy atom. The van der Waals surface area contributed by atoms with Crippen LogP contribution in [0.3, 0.4) is 0 Å². The molecule has 0 unspecified atom stereocenters. The van der Waals surface area contributed by atoms with Gasteiger partial charge in [0.2, 0.25) is 11.9 Å². The average molecular weight is 346 g/mol. The highest BCUT2D eigenvalue weighted by Crippen LogP contribution is 2.17. The SMILES string of the molecule is O=C(CCc1ccc(F)c(Cl)c1)Nc1cnc(-n2ccnc2)nc1. The maximum atomic E-state index is 13.1. The van der Waals surface area contributed by atoms with Gasteiger partial charge in [-0.05, 0) is 24.1 Å². The van der Waals surface area contributed by atoms with E-state index in [9.17, 15) is 9.18 Å². The van der Waals surface area contributed by atoms with E-state index in [1.54, 1.807) is 29.4 Å². The number of hydrogen-bond donors (Lipinski definition) is 1. The molecule has 0 bridgehead atoms. The highest BCUT2D eigenvalue weighted by molar-refractivity contribution is 6.30. The van der Waals surface area contributed by atoms with Crippen LogP contribution in [0.4, 0.5) is 10.1 Å². The highest BCUT2D eigenvalue weighted by Gasteiger charge is 2.07. The first-order chi connectivity index (χ1) is 11.6. The van der Waals surface area contributed by atoms with Crippen molar-refractivity contribution in [3.05, 3.63) is 65.7 Å². The van der Waals surface area contributed by atoms with Crippen LogP contribution in [-0.4, -0.2) is 25.4 Å². The lowest BCUT2D eigenvalue weighted by Crippen LogP contribution is -2.13. The molecule has 24 heavy (non-hydrogen) atoms. The van der Waals surface area contributed by atoms with E-state index in [2.05, 4.69) is 20.3 Å². The number of benzene rings is 1. The molecule has 2 aromatic heterocycles. The Kier molecular flexibility index (Phi) is 4.81. The summed E-state index contributed by atoms with van der Waals surface area (Å²) in [6.45, 7) is 0. The van der Waals surface area contributed by atoms with E-state index in [0.717, 1.165) is 5.56 Å². The first-order valence-corrected chi connectivity index (χ1v) is 7.54. The molecule has 1 amide bonds. The van der Waals surface area contributed by atoms with Gasteiger partial charge in [0.25, 0.3) is 0 Å². The van der Waals surface area contributed by atoms with Gasteiger partial charge in [0.05, 0.1) is 23.1 Å². The molecule has 122 valence electrons. The maximum absolute atomic E-state index is 13.1. The van der Waals surface area contributed by atoms with Crippen molar-refractivity contribution in [2.45, 2.75) is 12.8 Å². The van der Waals surface area contributed by atoms with Crippen molar-refractivity contribution in [3.8, 4) is 5.95 Å². The van der Waals surface area contributed by atoms with Gasteiger partial charge in [-0.25, -0.2) is 19.3 Å². The van der Waals surface area contributed by atoms with Gasteiger partial charge in [-0.1, -0.05) is 17.7 Å². The summed E-state index contributed by atoms with van der Waals surface area (Å²) in [6, 6.07) is 4.42. The van der Waals surface area contributed by atoms with Crippen molar-refractivity contribution < 1.29 is 9.18 Å². The summed E-state index contributed by atoms with van der Waals surface area (Å²) in [5.74, 6) is -0.194. The second-order valence-electron chi connectivity index (χ2n) is 5.04. The van der Waals surface area contributed by atoms with Crippen LogP contribution < -0.4 is 5.32 Å². The number of nitrogens with zero attached hydrogens (tertiary/aromatic N) is 4. The lowest BCUT2D eigenvalue weighted by Gasteiger charge is -2.06. The quantitative estimate of drug-likeness (QED) is 0.771. The Labute approximate surface area is 142 Å². The molecule has 1 aromatic carbocycles. The third kappa shape index (κ3) is 3.94. The Bertz CT molecular complexity index is 836. The molecule has 0 aliphatic carbocycles. The lowest BCUT2D eigenvalue weighted by molar-refractivity contribution is -0.116. The van der Waals surface area contributed by atoms with Crippen LogP contribution in [0, 0.1) is 5.82 Å². The Balaban J connectivity index is 1.55. The van der Waals surface area contributed by atoms with Crippen molar-refractivity contribution in [2.75, 3.05) is 5.32 Å². The topological polar surface area (TPSA) is 72.7 Å². The molecular formula is C16H13ClFN5O. The molecule has 0 aliphatic heterocycles. The predicted octanol–water partition coefficient (Wildman–Crippen LogP) is 3.03. The summed E-state index contributed by atoms with van der Waals surface area (Å²) >= 11 is 5.72. The van der Waals surface area contributed by atoms with Crippen molar-refractivity contribution in [1.29, 1.82) is 0 Å². The van der Waals surface area contributed by atoms with Gasteiger partial charge in [-0.15, -0.1) is 0 Å². The van der Waals surface area contributed by atoms with Gasteiger partial charge < -0.3 is 5.32 Å². The van der Waals surface area contributed by atoms with Crippen molar-refractivity contribution in [1.82, 2.24) is 19.5 Å². The molecule has 0 saturated heterocycles. The summed E-state index contributed by atoms with van der Waals surface area (Å²) in [5.41, 5.74) is 1.30. The number of carbonyl (C=O) groups excluding carboxylic acids is 1. The second kappa shape index (κ2) is 7.18. The maximum Gasteiger partial charge on any atom is 0.234 e. The van der Waals surface area contributed by atoms with Crippen LogP contribution in [0.2, 0.25) is 5.02 Å². The van der Waals surface area contributed by atoms with Crippen LogP contribution >= 0.6 is 11.6 Å². The highest BCUT2D eigenvalue weighted by atomic mass is 35.5. The van der Waals surface area contributed by atoms with E-state index in [1.807, 2.05) is 0 Å². The van der Waals surface area contributed by atoms with E-state index in [1.165, 1.54) is 24.5 Å². The van der Waals surface area contributed by atoms with E-state index in [0.29, 0.717) is 18.1 Å². The number of halogens is 2. The number of carbonyl (C=O) groups is 1. The number of amides is 1. The molecular weight excluding hydrogens is 333 g/mol. The fourth-order valence-electron chi connectivity index (χ4n) is 2.07. The average Bonchev–Trinajstić information content (AvgIpc) is 3.11. The standard InChI is InChI=1S/C16H13ClFN5O/c17-13-7-11(1-3-14(13)18)2-4-15(24)22-12-8-20-16(21-9-12)23-6-5-19-10-23/h1,3,5-10H,2,4H2,(H,22,24). The first-order valence-electron chi connectivity index (χ1n) is 7.16. The normalized spacial score (nSPS) is 10.6. The minimum absolute atomic E-state index is 0.0522. The number of aryl methyl sites for hydroxylation is 1. The van der Waals surface area contributed by atoms with Gasteiger partial charge in [0.1, 0.15) is 12.1 Å². The number of imidazole rings is 1. The number of nitrogens with one attached hydrogen (secondary N) is 1. The zero-order valence-electron chi connectivity index (χ0n) is 12.5. The fraction of sp³-hybridized carbons (Fsp3) is 0.125. The van der Waals surface area contributed by atoms with Gasteiger partial charge >= 0.3 is 0 Å². The fourth-order valence-corrected chi connectivity index (χ4v) is 2.28. The smallest absolute Gasteiger partial charge is 0.234 e. The molecule has 2 heterocycles. The first kappa shape index (κ1) is 16.1. The van der Waals surface area contributed by atoms with Crippen LogP contribution in [0.5, 0.6) is 0 Å². The van der Waals surface area contributed by atoms with E-state index >= 15 is 0 Å². The molecule has 3 rings (SSSR count). The summed E-state index contributed by atoms with van der Waals surface area (Å²) in [5, 5.41) is 2.77. The third-order valence-electron chi connectivity index (χ3n) is 3.28. The van der Waals surface area contributed by atoms with Crippen LogP contribution in [-0.2, 0) is 11.2 Å². The Morgan fingerprint density at radius 2 is 2.08 bits per heavy atom. The minimum atomic E-state index is -0.472. The van der Waals surface area contributed by atoms with Crippen molar-refractivity contribution in [3.63, 3.8) is 0 Å². The third-order valence-corrected chi connectivity index (χ3v) is 3.57. The van der Waals surface area contributed by atoms with Gasteiger partial charge in [-0.3, -0.25) is 9.36 Å². The van der Waals surface area contributed by atoms with Crippen molar-refractivity contribution >= 4 is 23.2 Å². The molecule has 0 aliphatic rings. The number of aromatic nitrogens is 4. The molecule has 0 saturated carbocycles. The Morgan fingerprint density at radius 3 is 2.75 bits per heavy atom. The molecule has 0 spiro atoms. The monoisotopic (exact) mass is 345 g/mol. The van der Waals surface area contributed by atoms with Gasteiger partial charge in [0, 0.05) is 18.8 Å². The van der Waals surface area contributed by atoms with Gasteiger partial charge in [-0.2, -0.15) is 0 Å². The number of anilines is 1. The molecule has 0 radical (unpaired) electrons. The zero-order chi connectivity index (χ0) is 16.9. The molecule has 0 fully saturated rings. The predicted molar refractivity (Wildman–Crippen MR) is 87.5 cm³/mol. The molecule has 3 aromatic rings. The second-order valence-corrected chi connectivity index (χ2v) is 5.45. The van der Waals surface area contributed by atoms with E-state index in [4.69, 9.17) is 11.6 Å². The summed E-state index contributed by atoms with van der Waals surface area (Å²) in [7, 11) is 0. The summed E-state index contributed by atoms with van der Waals surface area (Å²) in [4.78, 5) is 24.2. The summed E-state index contributed by atoms with van der Waals surface area (Å²) in [6.07, 6.45) is 8.68. The van der Waals surface area contributed by atoms with Crippen LogP contribution in [0.1, 0.15) is 12.0 Å². The molecule has 1 N–H and O–H groups in total. The largest absolute Gasteiger partial charge is 0.323 e. The van der Waals surface area contributed by atoms with Crippen LogP contribution in [0.25, 0.3) is 5.95 Å². The number of rotatable bonds is 5. The van der Waals surface area contributed by atoms with Crippen molar-refractivity contribution in [2.24, 2.45) is 0 Å². The number of hydrogen-bond acceptors (Lipinski definition) is 4. The van der Waals surface area contributed by atoms with E-state index < -0.39 is 5.82 Å².